The summed E-state index contributed by atoms with van der Waals surface area (Å²) in [4.78, 5) is 11.5. The molecular weight excluding hydrogens is 278 g/mol. The van der Waals surface area contributed by atoms with Gasteiger partial charge in [0, 0.05) is 6.54 Å². The van der Waals surface area contributed by atoms with Gasteiger partial charge in [0.25, 0.3) is 10.0 Å². The summed E-state index contributed by atoms with van der Waals surface area (Å²) in [7, 11) is -2.63. The molecule has 0 radical (unpaired) electrons. The van der Waals surface area contributed by atoms with Crippen molar-refractivity contribution in [3.8, 4) is 0 Å². The number of sulfonamides is 1. The van der Waals surface area contributed by atoms with Crippen LogP contribution in [0.25, 0.3) is 0 Å². The Balaban J connectivity index is 3.13. The standard InChI is InChI=1S/C10H15NO5S2/c1-3-11(8(7-12)10(13)16-2)18(14,15)9-5-4-6-17-9/h4-6,8,12H,3,7H2,1-2H3. The molecule has 0 aliphatic heterocycles. The van der Waals surface area contributed by atoms with Crippen LogP contribution in [0.2, 0.25) is 0 Å². The van der Waals surface area contributed by atoms with Gasteiger partial charge in [0.1, 0.15) is 10.3 Å². The lowest BCUT2D eigenvalue weighted by Crippen LogP contribution is -2.47. The van der Waals surface area contributed by atoms with E-state index in [1.807, 2.05) is 0 Å². The molecule has 0 aliphatic rings. The van der Waals surface area contributed by atoms with Crippen molar-refractivity contribution in [2.75, 3.05) is 20.3 Å². The lowest BCUT2D eigenvalue weighted by molar-refractivity contribution is -0.146. The number of nitrogens with zero attached hydrogens (tertiary/aromatic N) is 1. The topological polar surface area (TPSA) is 83.9 Å². The monoisotopic (exact) mass is 293 g/mol. The van der Waals surface area contributed by atoms with E-state index in [0.717, 1.165) is 22.8 Å². The number of carbonyl (C=O) groups excluding carboxylic acids is 1. The molecule has 0 aromatic carbocycles. The number of thiophene rings is 1. The number of hydrogen-bond acceptors (Lipinski definition) is 6. The Kier molecular flexibility index (Phi) is 5.27. The van der Waals surface area contributed by atoms with Crippen LogP contribution in [0, 0.1) is 0 Å². The van der Waals surface area contributed by atoms with Gasteiger partial charge in [-0.1, -0.05) is 13.0 Å². The van der Waals surface area contributed by atoms with Gasteiger partial charge in [-0.3, -0.25) is 4.79 Å². The Morgan fingerprint density at radius 3 is 2.67 bits per heavy atom. The van der Waals surface area contributed by atoms with Crippen LogP contribution in [0.15, 0.2) is 21.7 Å². The highest BCUT2D eigenvalue weighted by Crippen LogP contribution is 2.22. The SMILES string of the molecule is CCN(C(CO)C(=O)OC)S(=O)(=O)c1cccs1. The van der Waals surface area contributed by atoms with Gasteiger partial charge in [0.2, 0.25) is 0 Å². The molecule has 0 aliphatic carbocycles. The summed E-state index contributed by atoms with van der Waals surface area (Å²) in [6.07, 6.45) is 0. The average Bonchev–Trinajstić information content (AvgIpc) is 2.88. The zero-order valence-electron chi connectivity index (χ0n) is 10.1. The third-order valence-corrected chi connectivity index (χ3v) is 5.72. The second-order valence-corrected chi connectivity index (χ2v) is 6.43. The molecule has 1 atom stereocenters. The predicted octanol–water partition coefficient (Wildman–Crippen LogP) is 0.293. The average molecular weight is 293 g/mol. The number of rotatable bonds is 6. The van der Waals surface area contributed by atoms with Gasteiger partial charge in [0.15, 0.2) is 0 Å². The van der Waals surface area contributed by atoms with E-state index in [9.17, 15) is 18.3 Å². The number of hydrogen-bond donors (Lipinski definition) is 1. The number of likely N-dealkylation sites (N-methyl/N-ethyl adjacent to an activating group) is 1. The Bertz CT molecular complexity index is 482. The van der Waals surface area contributed by atoms with E-state index in [4.69, 9.17) is 0 Å². The van der Waals surface area contributed by atoms with E-state index in [1.54, 1.807) is 18.4 Å². The molecule has 1 N–H and O–H groups in total. The highest BCUT2D eigenvalue weighted by molar-refractivity contribution is 7.91. The van der Waals surface area contributed by atoms with Gasteiger partial charge in [-0.2, -0.15) is 4.31 Å². The van der Waals surface area contributed by atoms with Gasteiger partial charge < -0.3 is 9.84 Å². The first kappa shape index (κ1) is 15.1. The fourth-order valence-corrected chi connectivity index (χ4v) is 4.20. The molecule has 1 unspecified atom stereocenters. The molecule has 6 nitrogen and oxygen atoms in total. The number of esters is 1. The highest BCUT2D eigenvalue weighted by Gasteiger charge is 2.35. The molecule has 1 heterocycles. The Morgan fingerprint density at radius 1 is 1.61 bits per heavy atom. The van der Waals surface area contributed by atoms with Crippen LogP contribution in [0.1, 0.15) is 6.92 Å². The van der Waals surface area contributed by atoms with Gasteiger partial charge in [-0.25, -0.2) is 8.42 Å². The minimum absolute atomic E-state index is 0.0700. The molecular formula is C10H15NO5S2. The van der Waals surface area contributed by atoms with Crippen molar-refractivity contribution in [1.82, 2.24) is 4.31 Å². The van der Waals surface area contributed by atoms with Crippen molar-refractivity contribution in [3.63, 3.8) is 0 Å². The molecule has 0 saturated carbocycles. The zero-order chi connectivity index (χ0) is 13.8. The van der Waals surface area contributed by atoms with E-state index in [1.165, 1.54) is 6.07 Å². The van der Waals surface area contributed by atoms with Crippen LogP contribution in [0.5, 0.6) is 0 Å². The summed E-state index contributed by atoms with van der Waals surface area (Å²) in [5, 5.41) is 10.8. The smallest absolute Gasteiger partial charge is 0.326 e. The lowest BCUT2D eigenvalue weighted by Gasteiger charge is -2.25. The van der Waals surface area contributed by atoms with Crippen LogP contribution in [0.4, 0.5) is 0 Å². The minimum atomic E-state index is -3.78. The van der Waals surface area contributed by atoms with Crippen LogP contribution >= 0.6 is 11.3 Å². The molecule has 1 aromatic heterocycles. The first-order valence-corrected chi connectivity index (χ1v) is 7.55. The van der Waals surface area contributed by atoms with Crippen molar-refractivity contribution in [3.05, 3.63) is 17.5 Å². The third kappa shape index (κ3) is 2.89. The molecule has 18 heavy (non-hydrogen) atoms. The number of carbonyl (C=O) groups is 1. The Labute approximate surface area is 110 Å². The molecule has 0 bridgehead atoms. The van der Waals surface area contributed by atoms with Gasteiger partial charge >= 0.3 is 5.97 Å². The molecule has 8 heteroatoms. The fraction of sp³-hybridized carbons (Fsp3) is 0.500. The van der Waals surface area contributed by atoms with Crippen LogP contribution < -0.4 is 0 Å². The Morgan fingerprint density at radius 2 is 2.28 bits per heavy atom. The first-order chi connectivity index (χ1) is 8.48. The van der Waals surface area contributed by atoms with E-state index < -0.39 is 28.6 Å². The quantitative estimate of drug-likeness (QED) is 0.762. The largest absolute Gasteiger partial charge is 0.468 e. The molecule has 0 amide bonds. The third-order valence-electron chi connectivity index (χ3n) is 2.36. The number of methoxy groups -OCH3 is 1. The Hall–Kier alpha value is -0.960. The maximum atomic E-state index is 12.3. The minimum Gasteiger partial charge on any atom is -0.468 e. The second-order valence-electron chi connectivity index (χ2n) is 3.36. The van der Waals surface area contributed by atoms with Crippen molar-refractivity contribution in [1.29, 1.82) is 0 Å². The van der Waals surface area contributed by atoms with Crippen molar-refractivity contribution in [2.45, 2.75) is 17.2 Å². The summed E-state index contributed by atoms with van der Waals surface area (Å²) in [6, 6.07) is 1.85. The van der Waals surface area contributed by atoms with Crippen LogP contribution in [-0.4, -0.2) is 50.1 Å². The van der Waals surface area contributed by atoms with Crippen molar-refractivity contribution < 1.29 is 23.1 Å². The normalized spacial score (nSPS) is 13.6. The van der Waals surface area contributed by atoms with Crippen LogP contribution in [0.3, 0.4) is 0 Å². The first-order valence-electron chi connectivity index (χ1n) is 5.23. The summed E-state index contributed by atoms with van der Waals surface area (Å²) in [5.74, 6) is -0.778. The van der Waals surface area contributed by atoms with E-state index in [0.29, 0.717) is 0 Å². The van der Waals surface area contributed by atoms with E-state index >= 15 is 0 Å². The maximum absolute atomic E-state index is 12.3. The molecule has 0 spiro atoms. The molecule has 1 rings (SSSR count). The predicted molar refractivity (Wildman–Crippen MR) is 66.8 cm³/mol. The summed E-state index contributed by atoms with van der Waals surface area (Å²) < 4.78 is 30.1. The van der Waals surface area contributed by atoms with Crippen molar-refractivity contribution in [2.24, 2.45) is 0 Å². The summed E-state index contributed by atoms with van der Waals surface area (Å²) in [6.45, 7) is 1.04. The number of aliphatic hydroxyl groups is 1. The molecule has 0 fully saturated rings. The van der Waals surface area contributed by atoms with Gasteiger partial charge in [0.05, 0.1) is 13.7 Å². The van der Waals surface area contributed by atoms with Crippen molar-refractivity contribution >= 4 is 27.3 Å². The van der Waals surface area contributed by atoms with Gasteiger partial charge in [-0.15, -0.1) is 11.3 Å². The van der Waals surface area contributed by atoms with Crippen LogP contribution in [-0.2, 0) is 19.6 Å². The second kappa shape index (κ2) is 6.28. The number of ether oxygens (including phenoxy) is 1. The van der Waals surface area contributed by atoms with E-state index in [-0.39, 0.29) is 10.8 Å². The summed E-state index contributed by atoms with van der Waals surface area (Å²) in [5.41, 5.74) is 0. The molecule has 0 saturated heterocycles. The maximum Gasteiger partial charge on any atom is 0.326 e. The van der Waals surface area contributed by atoms with E-state index in [2.05, 4.69) is 4.74 Å². The summed E-state index contributed by atoms with van der Waals surface area (Å²) >= 11 is 1.06. The fourth-order valence-electron chi connectivity index (χ4n) is 1.50. The molecule has 1 aromatic rings. The zero-order valence-corrected chi connectivity index (χ0v) is 11.7. The van der Waals surface area contributed by atoms with Gasteiger partial charge in [-0.05, 0) is 11.4 Å². The number of aliphatic hydroxyl groups excluding tert-OH is 1. The lowest BCUT2D eigenvalue weighted by atomic mass is 10.3. The molecule has 102 valence electrons. The highest BCUT2D eigenvalue weighted by atomic mass is 32.2.